The van der Waals surface area contributed by atoms with Gasteiger partial charge in [-0.25, -0.2) is 8.78 Å². The first kappa shape index (κ1) is 20.6. The molecule has 0 aromatic heterocycles. The second-order valence-corrected chi connectivity index (χ2v) is 6.94. The number of ether oxygens (including phenoxy) is 2. The standard InChI is InChI=1S/C23H16BrF2NO2/c1-28-22-11-16(10-17(13-27)19-4-2-3-5-21(19)26)20(24)12-23(22)29-14-15-6-8-18(25)9-7-15/h2-12H,14H2,1H3/b17-10-. The Hall–Kier alpha value is -3.17. The van der Waals surface area contributed by atoms with Crippen LogP contribution in [0.1, 0.15) is 16.7 Å². The summed E-state index contributed by atoms with van der Waals surface area (Å²) in [7, 11) is 1.50. The molecule has 29 heavy (non-hydrogen) atoms. The zero-order valence-electron chi connectivity index (χ0n) is 15.5. The van der Waals surface area contributed by atoms with E-state index in [-0.39, 0.29) is 23.6 Å². The lowest BCUT2D eigenvalue weighted by molar-refractivity contribution is 0.284. The number of methoxy groups -OCH3 is 1. The largest absolute Gasteiger partial charge is 0.493 e. The third-order valence-corrected chi connectivity index (χ3v) is 4.86. The second-order valence-electron chi connectivity index (χ2n) is 6.09. The fourth-order valence-corrected chi connectivity index (χ4v) is 3.12. The van der Waals surface area contributed by atoms with Crippen LogP contribution in [-0.2, 0) is 6.61 Å². The van der Waals surface area contributed by atoms with E-state index in [4.69, 9.17) is 9.47 Å². The summed E-state index contributed by atoms with van der Waals surface area (Å²) in [5.41, 5.74) is 1.85. The highest BCUT2D eigenvalue weighted by molar-refractivity contribution is 9.10. The van der Waals surface area contributed by atoms with Crippen molar-refractivity contribution in [2.75, 3.05) is 7.11 Å². The number of nitriles is 1. The lowest BCUT2D eigenvalue weighted by Crippen LogP contribution is -1.99. The number of halogens is 3. The molecule has 3 rings (SSSR count). The first-order valence-electron chi connectivity index (χ1n) is 8.63. The molecule has 0 aliphatic rings. The molecule has 0 unspecified atom stereocenters. The fourth-order valence-electron chi connectivity index (χ4n) is 2.68. The number of benzene rings is 3. The molecular formula is C23H16BrF2NO2. The predicted octanol–water partition coefficient (Wildman–Crippen LogP) is 6.38. The minimum atomic E-state index is -0.470. The number of allylic oxidation sites excluding steroid dienone is 1. The number of hydrogen-bond donors (Lipinski definition) is 0. The average molecular weight is 456 g/mol. The van der Waals surface area contributed by atoms with Gasteiger partial charge in [-0.2, -0.15) is 5.26 Å². The van der Waals surface area contributed by atoms with Gasteiger partial charge >= 0.3 is 0 Å². The molecule has 0 aliphatic carbocycles. The molecule has 0 saturated heterocycles. The van der Waals surface area contributed by atoms with Crippen molar-refractivity contribution in [3.63, 3.8) is 0 Å². The maximum absolute atomic E-state index is 14.1. The molecule has 0 N–H and O–H groups in total. The summed E-state index contributed by atoms with van der Waals surface area (Å²) in [4.78, 5) is 0. The van der Waals surface area contributed by atoms with Crippen LogP contribution in [0.4, 0.5) is 8.78 Å². The van der Waals surface area contributed by atoms with Crippen molar-refractivity contribution in [3.8, 4) is 17.6 Å². The van der Waals surface area contributed by atoms with Gasteiger partial charge in [0.2, 0.25) is 0 Å². The third kappa shape index (κ3) is 5.01. The van der Waals surface area contributed by atoms with E-state index in [1.165, 1.54) is 25.3 Å². The Balaban J connectivity index is 1.90. The van der Waals surface area contributed by atoms with Crippen LogP contribution < -0.4 is 9.47 Å². The van der Waals surface area contributed by atoms with Crippen LogP contribution in [0.3, 0.4) is 0 Å². The summed E-state index contributed by atoms with van der Waals surface area (Å²) in [6.07, 6.45) is 1.58. The second kappa shape index (κ2) is 9.35. The minimum absolute atomic E-state index is 0.186. The molecule has 0 atom stereocenters. The van der Waals surface area contributed by atoms with E-state index in [0.29, 0.717) is 21.5 Å². The number of nitrogens with zero attached hydrogens (tertiary/aromatic N) is 1. The van der Waals surface area contributed by atoms with Gasteiger partial charge in [0.25, 0.3) is 0 Å². The Morgan fingerprint density at radius 3 is 2.45 bits per heavy atom. The SMILES string of the molecule is COc1cc(/C=C(/C#N)c2ccccc2F)c(Br)cc1OCc1ccc(F)cc1. The first-order chi connectivity index (χ1) is 14.0. The molecule has 6 heteroatoms. The van der Waals surface area contributed by atoms with Crippen LogP contribution in [0.15, 0.2) is 65.1 Å². The Bertz CT molecular complexity index is 1090. The summed E-state index contributed by atoms with van der Waals surface area (Å²) in [6.45, 7) is 0.233. The molecule has 0 saturated carbocycles. The number of rotatable bonds is 6. The summed E-state index contributed by atoms with van der Waals surface area (Å²) in [6, 6.07) is 17.6. The van der Waals surface area contributed by atoms with E-state index in [1.807, 2.05) is 6.07 Å². The van der Waals surface area contributed by atoms with E-state index in [1.54, 1.807) is 48.5 Å². The summed E-state index contributed by atoms with van der Waals surface area (Å²) < 4.78 is 38.9. The Morgan fingerprint density at radius 2 is 1.79 bits per heavy atom. The van der Waals surface area contributed by atoms with Crippen LogP contribution in [0.2, 0.25) is 0 Å². The third-order valence-electron chi connectivity index (χ3n) is 4.17. The first-order valence-corrected chi connectivity index (χ1v) is 9.42. The van der Waals surface area contributed by atoms with Crippen molar-refractivity contribution in [1.82, 2.24) is 0 Å². The van der Waals surface area contributed by atoms with Gasteiger partial charge in [-0.3, -0.25) is 0 Å². The highest BCUT2D eigenvalue weighted by Crippen LogP contribution is 2.36. The van der Waals surface area contributed by atoms with Crippen LogP contribution in [0.5, 0.6) is 11.5 Å². The lowest BCUT2D eigenvalue weighted by atomic mass is 10.0. The molecule has 3 nitrogen and oxygen atoms in total. The summed E-state index contributed by atoms with van der Waals surface area (Å²) >= 11 is 3.46. The van der Waals surface area contributed by atoms with Gasteiger partial charge < -0.3 is 9.47 Å². The smallest absolute Gasteiger partial charge is 0.162 e. The molecule has 3 aromatic carbocycles. The average Bonchev–Trinajstić information content (AvgIpc) is 2.73. The van der Waals surface area contributed by atoms with Gasteiger partial charge in [0.1, 0.15) is 18.2 Å². The van der Waals surface area contributed by atoms with Crippen molar-refractivity contribution in [3.05, 3.63) is 93.5 Å². The van der Waals surface area contributed by atoms with Crippen LogP contribution in [-0.4, -0.2) is 7.11 Å². The molecule has 0 spiro atoms. The maximum Gasteiger partial charge on any atom is 0.162 e. The van der Waals surface area contributed by atoms with Crippen LogP contribution in [0, 0.1) is 23.0 Å². The Kier molecular flexibility index (Phi) is 6.63. The molecule has 146 valence electrons. The highest BCUT2D eigenvalue weighted by atomic mass is 79.9. The molecule has 0 aliphatic heterocycles. The van der Waals surface area contributed by atoms with Crippen molar-refractivity contribution in [2.45, 2.75) is 6.61 Å². The van der Waals surface area contributed by atoms with Gasteiger partial charge in [0, 0.05) is 10.0 Å². The van der Waals surface area contributed by atoms with E-state index in [9.17, 15) is 14.0 Å². The maximum atomic E-state index is 14.1. The van der Waals surface area contributed by atoms with Gasteiger partial charge in [0.15, 0.2) is 11.5 Å². The summed E-state index contributed by atoms with van der Waals surface area (Å²) in [5, 5.41) is 9.48. The van der Waals surface area contributed by atoms with Gasteiger partial charge in [-0.1, -0.05) is 46.3 Å². The zero-order valence-corrected chi connectivity index (χ0v) is 17.0. The zero-order chi connectivity index (χ0) is 20.8. The van der Waals surface area contributed by atoms with Crippen molar-refractivity contribution in [2.24, 2.45) is 0 Å². The number of hydrogen-bond acceptors (Lipinski definition) is 3. The Morgan fingerprint density at radius 1 is 1.07 bits per heavy atom. The molecule has 0 fully saturated rings. The monoisotopic (exact) mass is 455 g/mol. The lowest BCUT2D eigenvalue weighted by Gasteiger charge is -2.13. The molecular weight excluding hydrogens is 440 g/mol. The van der Waals surface area contributed by atoms with Gasteiger partial charge in [-0.15, -0.1) is 0 Å². The van der Waals surface area contributed by atoms with Crippen molar-refractivity contribution < 1.29 is 18.3 Å². The van der Waals surface area contributed by atoms with Gasteiger partial charge in [-0.05, 0) is 47.5 Å². The van der Waals surface area contributed by atoms with Gasteiger partial charge in [0.05, 0.1) is 18.8 Å². The van der Waals surface area contributed by atoms with E-state index in [2.05, 4.69) is 15.9 Å². The van der Waals surface area contributed by atoms with Crippen molar-refractivity contribution >= 4 is 27.6 Å². The predicted molar refractivity (Wildman–Crippen MR) is 111 cm³/mol. The molecule has 3 aromatic rings. The molecule has 0 radical (unpaired) electrons. The molecule has 0 bridgehead atoms. The van der Waals surface area contributed by atoms with Crippen molar-refractivity contribution in [1.29, 1.82) is 5.26 Å². The minimum Gasteiger partial charge on any atom is -0.493 e. The quantitative estimate of drug-likeness (QED) is 0.319. The Labute approximate surface area is 175 Å². The van der Waals surface area contributed by atoms with Crippen LogP contribution >= 0.6 is 15.9 Å². The van der Waals surface area contributed by atoms with Crippen LogP contribution in [0.25, 0.3) is 11.6 Å². The fraction of sp³-hybridized carbons (Fsp3) is 0.0870. The summed E-state index contributed by atoms with van der Waals surface area (Å²) in [5.74, 6) is 0.147. The van der Waals surface area contributed by atoms with E-state index in [0.717, 1.165) is 5.56 Å². The highest BCUT2D eigenvalue weighted by Gasteiger charge is 2.12. The van der Waals surface area contributed by atoms with E-state index >= 15 is 0 Å². The normalized spacial score (nSPS) is 11.1. The molecule has 0 amide bonds. The molecule has 0 heterocycles. The van der Waals surface area contributed by atoms with E-state index < -0.39 is 5.82 Å². The topological polar surface area (TPSA) is 42.2 Å².